The van der Waals surface area contributed by atoms with Crippen molar-refractivity contribution in [1.82, 2.24) is 0 Å². The second kappa shape index (κ2) is 7.84. The predicted octanol–water partition coefficient (Wildman–Crippen LogP) is 4.56. The Balaban J connectivity index is 1.70. The number of para-hydroxylation sites is 1. The molecule has 4 heteroatoms. The van der Waals surface area contributed by atoms with E-state index >= 15 is 0 Å². The molecule has 21 heavy (non-hydrogen) atoms. The van der Waals surface area contributed by atoms with E-state index in [0.29, 0.717) is 19.4 Å². The first-order valence-electron chi connectivity index (χ1n) is 6.89. The van der Waals surface area contributed by atoms with Gasteiger partial charge in [-0.25, -0.2) is 0 Å². The maximum absolute atomic E-state index is 11.8. The zero-order chi connectivity index (χ0) is 15.1. The first kappa shape index (κ1) is 15.6. The van der Waals surface area contributed by atoms with E-state index in [1.165, 1.54) is 5.56 Å². The lowest BCUT2D eigenvalue weighted by Gasteiger charge is -2.08. The Labute approximate surface area is 133 Å². The molecular formula is C17H18BrNO2. The third-order valence-electron chi connectivity index (χ3n) is 2.99. The van der Waals surface area contributed by atoms with Crippen molar-refractivity contribution in [3.05, 3.63) is 58.6 Å². The van der Waals surface area contributed by atoms with Crippen LogP contribution in [0.3, 0.4) is 0 Å². The Bertz CT molecular complexity index is 596. The highest BCUT2D eigenvalue weighted by molar-refractivity contribution is 9.10. The molecule has 0 unspecified atom stereocenters. The van der Waals surface area contributed by atoms with Crippen LogP contribution in [0.4, 0.5) is 5.69 Å². The summed E-state index contributed by atoms with van der Waals surface area (Å²) < 4.78 is 6.48. The number of halogens is 1. The van der Waals surface area contributed by atoms with Crippen LogP contribution in [-0.2, 0) is 4.79 Å². The van der Waals surface area contributed by atoms with E-state index in [2.05, 4.69) is 21.2 Å². The van der Waals surface area contributed by atoms with Crippen LogP contribution in [-0.4, -0.2) is 12.5 Å². The second-order valence-corrected chi connectivity index (χ2v) is 5.65. The molecule has 0 aliphatic carbocycles. The molecule has 0 atom stereocenters. The summed E-state index contributed by atoms with van der Waals surface area (Å²) in [5.41, 5.74) is 2.00. The average Bonchev–Trinajstić information content (AvgIpc) is 2.48. The maximum Gasteiger partial charge on any atom is 0.224 e. The van der Waals surface area contributed by atoms with Gasteiger partial charge in [0.15, 0.2) is 0 Å². The Morgan fingerprint density at radius 2 is 1.86 bits per heavy atom. The van der Waals surface area contributed by atoms with Crippen molar-refractivity contribution in [2.75, 3.05) is 11.9 Å². The van der Waals surface area contributed by atoms with E-state index in [0.717, 1.165) is 15.9 Å². The molecule has 0 aliphatic rings. The number of nitrogens with one attached hydrogen (secondary N) is 1. The van der Waals surface area contributed by atoms with Crippen LogP contribution < -0.4 is 10.1 Å². The molecule has 0 heterocycles. The van der Waals surface area contributed by atoms with Crippen molar-refractivity contribution in [3.8, 4) is 5.75 Å². The molecule has 3 nitrogen and oxygen atoms in total. The van der Waals surface area contributed by atoms with Gasteiger partial charge in [-0.2, -0.15) is 0 Å². The molecule has 2 aromatic rings. The van der Waals surface area contributed by atoms with Gasteiger partial charge in [-0.3, -0.25) is 4.79 Å². The number of anilines is 1. The lowest BCUT2D eigenvalue weighted by atomic mass is 10.2. The molecule has 0 aliphatic heterocycles. The van der Waals surface area contributed by atoms with Crippen molar-refractivity contribution < 1.29 is 9.53 Å². The van der Waals surface area contributed by atoms with Gasteiger partial charge in [-0.15, -0.1) is 0 Å². The van der Waals surface area contributed by atoms with Gasteiger partial charge in [0.2, 0.25) is 5.91 Å². The number of carbonyl (C=O) groups excluding carboxylic acids is 1. The number of carbonyl (C=O) groups is 1. The molecule has 1 N–H and O–H groups in total. The van der Waals surface area contributed by atoms with Crippen LogP contribution in [0.2, 0.25) is 0 Å². The van der Waals surface area contributed by atoms with Crippen LogP contribution in [0.15, 0.2) is 53.0 Å². The molecule has 0 aromatic heterocycles. The molecule has 0 spiro atoms. The Morgan fingerprint density at radius 3 is 2.57 bits per heavy atom. The third-order valence-corrected chi connectivity index (χ3v) is 3.68. The molecule has 0 saturated carbocycles. The minimum absolute atomic E-state index is 0.00518. The second-order valence-electron chi connectivity index (χ2n) is 4.79. The highest BCUT2D eigenvalue weighted by atomic mass is 79.9. The topological polar surface area (TPSA) is 38.3 Å². The quantitative estimate of drug-likeness (QED) is 0.778. The summed E-state index contributed by atoms with van der Waals surface area (Å²) in [7, 11) is 0. The Kier molecular flexibility index (Phi) is 5.81. The Hall–Kier alpha value is -1.81. The van der Waals surface area contributed by atoms with Gasteiger partial charge in [0.25, 0.3) is 0 Å². The first-order valence-corrected chi connectivity index (χ1v) is 7.68. The summed E-state index contributed by atoms with van der Waals surface area (Å²) >= 11 is 3.40. The van der Waals surface area contributed by atoms with Crippen molar-refractivity contribution >= 4 is 27.5 Å². The van der Waals surface area contributed by atoms with Crippen LogP contribution in [0.1, 0.15) is 18.4 Å². The average molecular weight is 348 g/mol. The zero-order valence-electron chi connectivity index (χ0n) is 11.9. The fraction of sp³-hybridized carbons (Fsp3) is 0.235. The number of aryl methyl sites for hydroxylation is 1. The number of rotatable bonds is 6. The van der Waals surface area contributed by atoms with E-state index in [4.69, 9.17) is 4.74 Å². The number of amides is 1. The SMILES string of the molecule is Cc1ccc(OCCCC(=O)Nc2ccccc2Br)cc1. The summed E-state index contributed by atoms with van der Waals surface area (Å²) in [6, 6.07) is 15.5. The zero-order valence-corrected chi connectivity index (χ0v) is 13.5. The van der Waals surface area contributed by atoms with Crippen molar-refractivity contribution in [3.63, 3.8) is 0 Å². The monoisotopic (exact) mass is 347 g/mol. The van der Waals surface area contributed by atoms with Crippen LogP contribution in [0.25, 0.3) is 0 Å². The van der Waals surface area contributed by atoms with Crippen LogP contribution in [0.5, 0.6) is 5.75 Å². The molecule has 110 valence electrons. The molecule has 0 saturated heterocycles. The summed E-state index contributed by atoms with van der Waals surface area (Å²) in [4.78, 5) is 11.8. The molecule has 0 fully saturated rings. The first-order chi connectivity index (χ1) is 10.1. The fourth-order valence-corrected chi connectivity index (χ4v) is 2.22. The van der Waals surface area contributed by atoms with Gasteiger partial charge >= 0.3 is 0 Å². The van der Waals surface area contributed by atoms with Gasteiger partial charge in [0.1, 0.15) is 5.75 Å². The smallest absolute Gasteiger partial charge is 0.224 e. The number of benzene rings is 2. The Morgan fingerprint density at radius 1 is 1.14 bits per heavy atom. The largest absolute Gasteiger partial charge is 0.494 e. The molecule has 0 radical (unpaired) electrons. The van der Waals surface area contributed by atoms with E-state index in [1.54, 1.807) is 0 Å². The number of hydrogen-bond donors (Lipinski definition) is 1. The predicted molar refractivity (Wildman–Crippen MR) is 88.7 cm³/mol. The van der Waals surface area contributed by atoms with Gasteiger partial charge in [0.05, 0.1) is 12.3 Å². The number of ether oxygens (including phenoxy) is 1. The molecule has 2 rings (SSSR count). The van der Waals surface area contributed by atoms with Crippen LogP contribution >= 0.6 is 15.9 Å². The lowest BCUT2D eigenvalue weighted by molar-refractivity contribution is -0.116. The minimum Gasteiger partial charge on any atom is -0.494 e. The van der Waals surface area contributed by atoms with Crippen molar-refractivity contribution in [2.45, 2.75) is 19.8 Å². The van der Waals surface area contributed by atoms with E-state index < -0.39 is 0 Å². The van der Waals surface area contributed by atoms with Gasteiger partial charge in [-0.1, -0.05) is 29.8 Å². The normalized spacial score (nSPS) is 10.2. The van der Waals surface area contributed by atoms with Crippen molar-refractivity contribution in [1.29, 1.82) is 0 Å². The molecule has 1 amide bonds. The molecule has 0 bridgehead atoms. The summed E-state index contributed by atoms with van der Waals surface area (Å²) in [6.45, 7) is 2.57. The fourth-order valence-electron chi connectivity index (χ4n) is 1.83. The minimum atomic E-state index is -0.00518. The van der Waals surface area contributed by atoms with E-state index in [1.807, 2.05) is 55.5 Å². The lowest BCUT2D eigenvalue weighted by Crippen LogP contribution is -2.13. The van der Waals surface area contributed by atoms with Gasteiger partial charge in [-0.05, 0) is 53.5 Å². The highest BCUT2D eigenvalue weighted by Gasteiger charge is 2.05. The molecule has 2 aromatic carbocycles. The summed E-state index contributed by atoms with van der Waals surface area (Å²) in [6.07, 6.45) is 1.12. The van der Waals surface area contributed by atoms with Gasteiger partial charge in [0, 0.05) is 10.9 Å². The highest BCUT2D eigenvalue weighted by Crippen LogP contribution is 2.21. The third kappa shape index (κ3) is 5.23. The van der Waals surface area contributed by atoms with E-state index in [-0.39, 0.29) is 5.91 Å². The summed E-state index contributed by atoms with van der Waals surface area (Å²) in [5.74, 6) is 0.834. The standard InChI is InChI=1S/C17H18BrNO2/c1-13-8-10-14(11-9-13)21-12-4-7-17(20)19-16-6-3-2-5-15(16)18/h2-3,5-6,8-11H,4,7,12H2,1H3,(H,19,20). The van der Waals surface area contributed by atoms with Gasteiger partial charge < -0.3 is 10.1 Å². The number of hydrogen-bond acceptors (Lipinski definition) is 2. The summed E-state index contributed by atoms with van der Waals surface area (Å²) in [5, 5.41) is 2.87. The maximum atomic E-state index is 11.8. The van der Waals surface area contributed by atoms with Crippen LogP contribution in [0, 0.1) is 6.92 Å². The van der Waals surface area contributed by atoms with Crippen molar-refractivity contribution in [2.24, 2.45) is 0 Å². The van der Waals surface area contributed by atoms with E-state index in [9.17, 15) is 4.79 Å². The molecular weight excluding hydrogens is 330 g/mol.